The van der Waals surface area contributed by atoms with Crippen LogP contribution >= 0.6 is 11.6 Å². The normalized spacial score (nSPS) is 21.0. The van der Waals surface area contributed by atoms with E-state index in [0.717, 1.165) is 12.8 Å². The minimum atomic E-state index is -3.47. The van der Waals surface area contributed by atoms with Crippen LogP contribution in [0.2, 0.25) is 5.02 Å². The lowest BCUT2D eigenvalue weighted by Crippen LogP contribution is -2.43. The lowest BCUT2D eigenvalue weighted by Gasteiger charge is -2.31. The average molecular weight is 330 g/mol. The standard InChI is InChI=1S/C15H20ClNO3S/c1-2-3-11-20-14-5-4-10-17(12-14)21(18,19)15-8-6-13(16)7-9-15/h2-3,6-9,14H,4-5,10-12H2,1H3/b3-2-/t14-/m0/s1. The third kappa shape index (κ3) is 4.30. The van der Waals surface area contributed by atoms with Crippen molar-refractivity contribution < 1.29 is 13.2 Å². The molecule has 1 aliphatic heterocycles. The number of piperidine rings is 1. The van der Waals surface area contributed by atoms with Crippen molar-refractivity contribution in [2.45, 2.75) is 30.8 Å². The summed E-state index contributed by atoms with van der Waals surface area (Å²) < 4.78 is 32.4. The van der Waals surface area contributed by atoms with E-state index < -0.39 is 10.0 Å². The third-order valence-electron chi connectivity index (χ3n) is 3.46. The lowest BCUT2D eigenvalue weighted by molar-refractivity contribution is 0.0353. The van der Waals surface area contributed by atoms with Crippen LogP contribution in [0.1, 0.15) is 19.8 Å². The van der Waals surface area contributed by atoms with Crippen molar-refractivity contribution in [1.29, 1.82) is 0 Å². The van der Waals surface area contributed by atoms with Crippen LogP contribution < -0.4 is 0 Å². The molecule has 0 aromatic heterocycles. The van der Waals surface area contributed by atoms with Crippen molar-refractivity contribution in [1.82, 2.24) is 4.31 Å². The van der Waals surface area contributed by atoms with Gasteiger partial charge in [0.25, 0.3) is 0 Å². The maximum Gasteiger partial charge on any atom is 0.243 e. The largest absolute Gasteiger partial charge is 0.373 e. The summed E-state index contributed by atoms with van der Waals surface area (Å²) in [7, 11) is -3.47. The molecule has 0 spiro atoms. The lowest BCUT2D eigenvalue weighted by atomic mass is 10.1. The zero-order chi connectivity index (χ0) is 15.3. The van der Waals surface area contributed by atoms with E-state index in [1.165, 1.54) is 4.31 Å². The molecule has 0 N–H and O–H groups in total. The molecular weight excluding hydrogens is 310 g/mol. The van der Waals surface area contributed by atoms with E-state index in [-0.39, 0.29) is 11.0 Å². The highest BCUT2D eigenvalue weighted by atomic mass is 35.5. The van der Waals surface area contributed by atoms with Gasteiger partial charge in [0.1, 0.15) is 0 Å². The first kappa shape index (κ1) is 16.5. The zero-order valence-corrected chi connectivity index (χ0v) is 13.6. The monoisotopic (exact) mass is 329 g/mol. The Labute approximate surface area is 131 Å². The first-order valence-corrected chi connectivity index (χ1v) is 8.84. The predicted octanol–water partition coefficient (Wildman–Crippen LogP) is 3.09. The van der Waals surface area contributed by atoms with E-state index in [4.69, 9.17) is 16.3 Å². The molecule has 6 heteroatoms. The van der Waals surface area contributed by atoms with Crippen LogP contribution in [0.4, 0.5) is 0 Å². The van der Waals surface area contributed by atoms with E-state index in [1.807, 2.05) is 19.1 Å². The molecule has 4 nitrogen and oxygen atoms in total. The van der Waals surface area contributed by atoms with Gasteiger partial charge in [-0.1, -0.05) is 23.8 Å². The van der Waals surface area contributed by atoms with Crippen LogP contribution in [-0.2, 0) is 14.8 Å². The molecule has 0 unspecified atom stereocenters. The Morgan fingerprint density at radius 1 is 1.38 bits per heavy atom. The summed E-state index contributed by atoms with van der Waals surface area (Å²) in [6, 6.07) is 6.28. The van der Waals surface area contributed by atoms with Gasteiger partial charge in [-0.05, 0) is 44.0 Å². The summed E-state index contributed by atoms with van der Waals surface area (Å²) in [5.74, 6) is 0. The molecule has 1 fully saturated rings. The van der Waals surface area contributed by atoms with Gasteiger partial charge in [0.15, 0.2) is 0 Å². The Kier molecular flexibility index (Phi) is 5.81. The Hall–Kier alpha value is -0.880. The number of ether oxygens (including phenoxy) is 1. The van der Waals surface area contributed by atoms with Crippen molar-refractivity contribution in [3.63, 3.8) is 0 Å². The number of benzene rings is 1. The van der Waals surface area contributed by atoms with E-state index >= 15 is 0 Å². The molecule has 1 aromatic carbocycles. The van der Waals surface area contributed by atoms with Gasteiger partial charge in [-0.2, -0.15) is 4.31 Å². The van der Waals surface area contributed by atoms with Crippen LogP contribution in [0, 0.1) is 0 Å². The molecule has 0 aliphatic carbocycles. The second kappa shape index (κ2) is 7.40. The fourth-order valence-electron chi connectivity index (χ4n) is 2.30. The number of hydrogen-bond acceptors (Lipinski definition) is 3. The molecule has 2 rings (SSSR count). The smallest absolute Gasteiger partial charge is 0.243 e. The van der Waals surface area contributed by atoms with E-state index in [2.05, 4.69) is 0 Å². The third-order valence-corrected chi connectivity index (χ3v) is 5.59. The molecule has 1 atom stereocenters. The summed E-state index contributed by atoms with van der Waals surface area (Å²) in [4.78, 5) is 0.279. The number of rotatable bonds is 5. The minimum Gasteiger partial charge on any atom is -0.373 e. The van der Waals surface area contributed by atoms with Crippen molar-refractivity contribution in [2.75, 3.05) is 19.7 Å². The maximum atomic E-state index is 12.6. The number of sulfonamides is 1. The highest BCUT2D eigenvalue weighted by Gasteiger charge is 2.30. The van der Waals surface area contributed by atoms with E-state index in [9.17, 15) is 8.42 Å². The first-order valence-electron chi connectivity index (χ1n) is 7.02. The van der Waals surface area contributed by atoms with Gasteiger partial charge in [-0.25, -0.2) is 8.42 Å². The molecule has 1 aliphatic rings. The first-order chi connectivity index (χ1) is 10.0. The molecule has 1 saturated heterocycles. The summed E-state index contributed by atoms with van der Waals surface area (Å²) in [5.41, 5.74) is 0. The number of hydrogen-bond donors (Lipinski definition) is 0. The minimum absolute atomic E-state index is 0.0444. The van der Waals surface area contributed by atoms with Crippen molar-refractivity contribution in [3.8, 4) is 0 Å². The molecule has 0 bridgehead atoms. The van der Waals surface area contributed by atoms with Crippen molar-refractivity contribution in [3.05, 3.63) is 41.4 Å². The zero-order valence-electron chi connectivity index (χ0n) is 12.0. The topological polar surface area (TPSA) is 46.6 Å². The van der Waals surface area contributed by atoms with Crippen molar-refractivity contribution in [2.24, 2.45) is 0 Å². The molecule has 0 radical (unpaired) electrons. The van der Waals surface area contributed by atoms with E-state index in [0.29, 0.717) is 24.7 Å². The summed E-state index contributed by atoms with van der Waals surface area (Å²) in [6.07, 6.45) is 5.51. The molecule has 1 aromatic rings. The highest BCUT2D eigenvalue weighted by Crippen LogP contribution is 2.23. The Bertz CT molecular complexity index is 583. The average Bonchev–Trinajstić information content (AvgIpc) is 2.48. The summed E-state index contributed by atoms with van der Waals surface area (Å²) in [5, 5.41) is 0.528. The molecule has 0 saturated carbocycles. The summed E-state index contributed by atoms with van der Waals surface area (Å²) in [6.45, 7) is 3.40. The SMILES string of the molecule is C/C=C\CO[C@H]1CCCN(S(=O)(=O)c2ccc(Cl)cc2)C1. The quantitative estimate of drug-likeness (QED) is 0.780. The van der Waals surface area contributed by atoms with Crippen LogP contribution in [0.3, 0.4) is 0 Å². The van der Waals surface area contributed by atoms with Gasteiger partial charge >= 0.3 is 0 Å². The Morgan fingerprint density at radius 2 is 2.10 bits per heavy atom. The second-order valence-corrected chi connectivity index (χ2v) is 7.36. The second-order valence-electron chi connectivity index (χ2n) is 4.98. The van der Waals surface area contributed by atoms with Crippen molar-refractivity contribution >= 4 is 21.6 Å². The van der Waals surface area contributed by atoms with Gasteiger partial charge < -0.3 is 4.74 Å². The number of halogens is 1. The number of nitrogens with zero attached hydrogens (tertiary/aromatic N) is 1. The molecule has 21 heavy (non-hydrogen) atoms. The molecule has 1 heterocycles. The molecule has 0 amide bonds. The van der Waals surface area contributed by atoms with E-state index in [1.54, 1.807) is 24.3 Å². The summed E-state index contributed by atoms with van der Waals surface area (Å²) >= 11 is 5.81. The van der Waals surface area contributed by atoms with Gasteiger partial charge in [-0.15, -0.1) is 0 Å². The van der Waals surface area contributed by atoms with Gasteiger partial charge in [0.05, 0.1) is 17.6 Å². The highest BCUT2D eigenvalue weighted by molar-refractivity contribution is 7.89. The van der Waals surface area contributed by atoms with Gasteiger partial charge in [0, 0.05) is 18.1 Å². The van der Waals surface area contributed by atoms with Gasteiger partial charge in [0.2, 0.25) is 10.0 Å². The van der Waals surface area contributed by atoms with Gasteiger partial charge in [-0.3, -0.25) is 0 Å². The van der Waals surface area contributed by atoms with Crippen LogP contribution in [-0.4, -0.2) is 38.5 Å². The Balaban J connectivity index is 2.07. The molecule has 116 valence electrons. The fourth-order valence-corrected chi connectivity index (χ4v) is 3.94. The predicted molar refractivity (Wildman–Crippen MR) is 84.0 cm³/mol. The van der Waals surface area contributed by atoms with Crippen LogP contribution in [0.15, 0.2) is 41.3 Å². The maximum absolute atomic E-state index is 12.6. The van der Waals surface area contributed by atoms with Crippen LogP contribution in [0.5, 0.6) is 0 Å². The number of allylic oxidation sites excluding steroid dienone is 1. The molecular formula is C15H20ClNO3S. The fraction of sp³-hybridized carbons (Fsp3) is 0.467. The Morgan fingerprint density at radius 3 is 2.76 bits per heavy atom. The van der Waals surface area contributed by atoms with Crippen LogP contribution in [0.25, 0.3) is 0 Å².